The first-order valence-corrected chi connectivity index (χ1v) is 5.74. The smallest absolute Gasteiger partial charge is 0.190 e. The summed E-state index contributed by atoms with van der Waals surface area (Å²) >= 11 is 0. The molecule has 1 aromatic carbocycles. The number of Topliss-reactive ketones (excluding diaryl/α,β-unsaturated/α-hetero) is 1. The fourth-order valence-corrected chi connectivity index (χ4v) is 3.68. The Balaban J connectivity index is 2.02. The van der Waals surface area contributed by atoms with E-state index < -0.39 is 0 Å². The number of benzene rings is 1. The van der Waals surface area contributed by atoms with Crippen LogP contribution in [0.2, 0.25) is 0 Å². The Hall–Kier alpha value is -1.37. The minimum atomic E-state index is 0.327. The van der Waals surface area contributed by atoms with Gasteiger partial charge in [-0.3, -0.25) is 4.79 Å². The van der Waals surface area contributed by atoms with Gasteiger partial charge in [0.15, 0.2) is 5.78 Å². The van der Waals surface area contributed by atoms with Gasteiger partial charge in [-0.25, -0.2) is 0 Å². The summed E-state index contributed by atoms with van der Waals surface area (Å²) in [6.45, 7) is 0. The first kappa shape index (κ1) is 7.86. The van der Waals surface area contributed by atoms with Crippen molar-refractivity contribution < 1.29 is 4.79 Å². The van der Waals surface area contributed by atoms with E-state index in [9.17, 15) is 4.79 Å². The van der Waals surface area contributed by atoms with Gasteiger partial charge in [-0.1, -0.05) is 24.3 Å². The molecule has 0 N–H and O–H groups in total. The van der Waals surface area contributed by atoms with Gasteiger partial charge in [0.2, 0.25) is 0 Å². The SMILES string of the molecule is O=C1C2=C(c3ccccc31)C1CCC2C1. The molecule has 3 aliphatic rings. The molecule has 1 saturated carbocycles. The Labute approximate surface area is 88.8 Å². The van der Waals surface area contributed by atoms with E-state index in [1.807, 2.05) is 18.2 Å². The monoisotopic (exact) mass is 196 g/mol. The fraction of sp³-hybridized carbons (Fsp3) is 0.357. The van der Waals surface area contributed by atoms with E-state index in [1.165, 1.54) is 36.0 Å². The van der Waals surface area contributed by atoms with Crippen LogP contribution in [-0.2, 0) is 0 Å². The van der Waals surface area contributed by atoms with E-state index in [-0.39, 0.29) is 0 Å². The van der Waals surface area contributed by atoms with Crippen molar-refractivity contribution in [1.82, 2.24) is 0 Å². The molecule has 15 heavy (non-hydrogen) atoms. The Morgan fingerprint density at radius 3 is 2.40 bits per heavy atom. The molecular formula is C14H12O. The molecule has 3 aliphatic carbocycles. The number of carbonyl (C=O) groups excluding carboxylic acids is 1. The summed E-state index contributed by atoms with van der Waals surface area (Å²) in [7, 11) is 0. The Kier molecular flexibility index (Phi) is 1.26. The highest BCUT2D eigenvalue weighted by Gasteiger charge is 2.46. The van der Waals surface area contributed by atoms with Crippen LogP contribution >= 0.6 is 0 Å². The van der Waals surface area contributed by atoms with Crippen LogP contribution in [0.3, 0.4) is 0 Å². The number of carbonyl (C=O) groups is 1. The summed E-state index contributed by atoms with van der Waals surface area (Å²) < 4.78 is 0. The summed E-state index contributed by atoms with van der Waals surface area (Å²) in [5.74, 6) is 1.61. The molecule has 1 aromatic rings. The van der Waals surface area contributed by atoms with E-state index in [4.69, 9.17) is 0 Å². The lowest BCUT2D eigenvalue weighted by Gasteiger charge is -2.12. The summed E-state index contributed by atoms with van der Waals surface area (Å²) in [6.07, 6.45) is 3.78. The highest BCUT2D eigenvalue weighted by Crippen LogP contribution is 2.56. The molecule has 2 atom stereocenters. The van der Waals surface area contributed by atoms with Gasteiger partial charge in [-0.05, 0) is 42.2 Å². The van der Waals surface area contributed by atoms with Crippen molar-refractivity contribution in [3.63, 3.8) is 0 Å². The summed E-state index contributed by atoms with van der Waals surface area (Å²) in [5.41, 5.74) is 4.78. The van der Waals surface area contributed by atoms with Crippen LogP contribution in [0, 0.1) is 11.8 Å². The number of allylic oxidation sites excluding steroid dienone is 2. The van der Waals surface area contributed by atoms with Gasteiger partial charge in [0.25, 0.3) is 0 Å². The fourth-order valence-electron chi connectivity index (χ4n) is 3.68. The van der Waals surface area contributed by atoms with E-state index in [0.29, 0.717) is 17.6 Å². The number of ketones is 1. The minimum Gasteiger partial charge on any atom is -0.289 e. The molecular weight excluding hydrogens is 184 g/mol. The van der Waals surface area contributed by atoms with Gasteiger partial charge in [0.1, 0.15) is 0 Å². The van der Waals surface area contributed by atoms with Crippen molar-refractivity contribution in [2.24, 2.45) is 11.8 Å². The maximum atomic E-state index is 12.2. The van der Waals surface area contributed by atoms with Gasteiger partial charge in [-0.15, -0.1) is 0 Å². The predicted octanol–water partition coefficient (Wildman–Crippen LogP) is 3.07. The highest BCUT2D eigenvalue weighted by atomic mass is 16.1. The van der Waals surface area contributed by atoms with E-state index in [1.54, 1.807) is 0 Å². The quantitative estimate of drug-likeness (QED) is 0.623. The van der Waals surface area contributed by atoms with Crippen LogP contribution < -0.4 is 0 Å². The third-order valence-corrected chi connectivity index (χ3v) is 4.25. The van der Waals surface area contributed by atoms with Gasteiger partial charge >= 0.3 is 0 Å². The number of fused-ring (bicyclic) bond motifs is 6. The molecule has 0 aromatic heterocycles. The molecule has 2 unspecified atom stereocenters. The molecule has 2 bridgehead atoms. The molecule has 0 saturated heterocycles. The standard InChI is InChI=1S/C14H12O/c15-14-11-4-2-1-3-10(11)12-8-5-6-9(7-8)13(12)14/h1-4,8-9H,5-7H2. The van der Waals surface area contributed by atoms with E-state index >= 15 is 0 Å². The van der Waals surface area contributed by atoms with Crippen molar-refractivity contribution in [1.29, 1.82) is 0 Å². The maximum Gasteiger partial charge on any atom is 0.190 e. The Bertz CT molecular complexity index is 510. The highest BCUT2D eigenvalue weighted by molar-refractivity contribution is 6.22. The van der Waals surface area contributed by atoms with Gasteiger partial charge in [0.05, 0.1) is 0 Å². The molecule has 0 radical (unpaired) electrons. The minimum absolute atomic E-state index is 0.327. The van der Waals surface area contributed by atoms with Crippen LogP contribution in [0.1, 0.15) is 35.2 Å². The molecule has 0 aliphatic heterocycles. The molecule has 1 nitrogen and oxygen atoms in total. The topological polar surface area (TPSA) is 17.1 Å². The van der Waals surface area contributed by atoms with Crippen LogP contribution in [0.15, 0.2) is 29.8 Å². The largest absolute Gasteiger partial charge is 0.289 e. The third-order valence-electron chi connectivity index (χ3n) is 4.25. The van der Waals surface area contributed by atoms with Gasteiger partial charge in [0, 0.05) is 11.1 Å². The molecule has 1 fully saturated rings. The zero-order valence-corrected chi connectivity index (χ0v) is 8.49. The van der Waals surface area contributed by atoms with Gasteiger partial charge in [-0.2, -0.15) is 0 Å². The van der Waals surface area contributed by atoms with Crippen LogP contribution in [0.25, 0.3) is 5.57 Å². The van der Waals surface area contributed by atoms with Crippen LogP contribution in [-0.4, -0.2) is 5.78 Å². The van der Waals surface area contributed by atoms with E-state index in [2.05, 4.69) is 6.07 Å². The Morgan fingerprint density at radius 2 is 1.60 bits per heavy atom. The predicted molar refractivity (Wildman–Crippen MR) is 58.5 cm³/mol. The zero-order valence-electron chi connectivity index (χ0n) is 8.49. The van der Waals surface area contributed by atoms with Crippen LogP contribution in [0.4, 0.5) is 0 Å². The number of hydrogen-bond acceptors (Lipinski definition) is 1. The second-order valence-corrected chi connectivity index (χ2v) is 4.91. The summed E-state index contributed by atoms with van der Waals surface area (Å²) in [5, 5.41) is 0. The van der Waals surface area contributed by atoms with Crippen molar-refractivity contribution in [3.8, 4) is 0 Å². The van der Waals surface area contributed by atoms with Crippen LogP contribution in [0.5, 0.6) is 0 Å². The molecule has 0 amide bonds. The molecule has 0 heterocycles. The van der Waals surface area contributed by atoms with E-state index in [0.717, 1.165) is 5.56 Å². The van der Waals surface area contributed by atoms with Crippen molar-refractivity contribution >= 4 is 11.4 Å². The third kappa shape index (κ3) is 0.785. The first-order chi connectivity index (χ1) is 7.36. The maximum absolute atomic E-state index is 12.2. The lowest BCUT2D eigenvalue weighted by Crippen LogP contribution is -2.06. The molecule has 74 valence electrons. The second-order valence-electron chi connectivity index (χ2n) is 4.91. The molecule has 1 heteroatoms. The van der Waals surface area contributed by atoms with Crippen molar-refractivity contribution in [2.75, 3.05) is 0 Å². The normalized spacial score (nSPS) is 31.1. The lowest BCUT2D eigenvalue weighted by atomic mass is 9.92. The first-order valence-electron chi connectivity index (χ1n) is 5.74. The molecule has 0 spiro atoms. The van der Waals surface area contributed by atoms with Gasteiger partial charge < -0.3 is 0 Å². The number of hydrogen-bond donors (Lipinski definition) is 0. The summed E-state index contributed by atoms with van der Waals surface area (Å²) in [4.78, 5) is 12.2. The molecule has 4 rings (SSSR count). The number of rotatable bonds is 0. The average molecular weight is 196 g/mol. The lowest BCUT2D eigenvalue weighted by molar-refractivity contribution is 0.102. The second kappa shape index (κ2) is 2.41. The zero-order chi connectivity index (χ0) is 9.99. The summed E-state index contributed by atoms with van der Waals surface area (Å²) in [6, 6.07) is 8.13. The Morgan fingerprint density at radius 1 is 0.933 bits per heavy atom. The van der Waals surface area contributed by atoms with Crippen molar-refractivity contribution in [2.45, 2.75) is 19.3 Å². The average Bonchev–Trinajstić information content (AvgIpc) is 2.92. The van der Waals surface area contributed by atoms with Crippen molar-refractivity contribution in [3.05, 3.63) is 41.0 Å².